The van der Waals surface area contributed by atoms with Crippen molar-refractivity contribution in [3.05, 3.63) is 77.2 Å². The highest BCUT2D eigenvalue weighted by atomic mass is 16.5. The Hall–Kier alpha value is -3.02. The van der Waals surface area contributed by atoms with Crippen LogP contribution in [0.3, 0.4) is 0 Å². The lowest BCUT2D eigenvalue weighted by atomic mass is 10.2. The van der Waals surface area contributed by atoms with Crippen molar-refractivity contribution >= 4 is 5.96 Å². The van der Waals surface area contributed by atoms with Crippen molar-refractivity contribution in [1.29, 1.82) is 0 Å². The summed E-state index contributed by atoms with van der Waals surface area (Å²) in [7, 11) is 0. The van der Waals surface area contributed by atoms with Crippen molar-refractivity contribution in [3.8, 4) is 5.75 Å². The van der Waals surface area contributed by atoms with E-state index in [1.54, 1.807) is 22.8 Å². The van der Waals surface area contributed by atoms with E-state index >= 15 is 0 Å². The molecule has 0 saturated carbocycles. The van der Waals surface area contributed by atoms with Crippen LogP contribution in [0.5, 0.6) is 5.75 Å². The fraction of sp³-hybridized carbons (Fsp3) is 0.364. The Morgan fingerprint density at radius 1 is 1.18 bits per heavy atom. The number of hydrogen-bond acceptors (Lipinski definition) is 3. The minimum absolute atomic E-state index is 0.0442. The lowest BCUT2D eigenvalue weighted by Crippen LogP contribution is -2.37. The Kier molecular flexibility index (Phi) is 9.41. The van der Waals surface area contributed by atoms with Gasteiger partial charge in [0, 0.05) is 37.5 Å². The number of ether oxygens (including phenoxy) is 1. The Morgan fingerprint density at radius 2 is 2.00 bits per heavy atom. The van der Waals surface area contributed by atoms with Crippen molar-refractivity contribution in [2.75, 3.05) is 19.7 Å². The Labute approximate surface area is 167 Å². The Bertz CT molecular complexity index is 814. The normalized spacial score (nSPS) is 11.1. The van der Waals surface area contributed by atoms with Crippen LogP contribution in [0.15, 0.2) is 71.1 Å². The maximum absolute atomic E-state index is 11.7. The molecule has 2 N–H and O–H groups in total. The quantitative estimate of drug-likeness (QED) is 0.271. The van der Waals surface area contributed by atoms with E-state index in [1.807, 2.05) is 43.5 Å². The summed E-state index contributed by atoms with van der Waals surface area (Å²) >= 11 is 0. The summed E-state index contributed by atoms with van der Waals surface area (Å²) in [4.78, 5) is 16.3. The molecule has 0 fully saturated rings. The molecule has 0 spiro atoms. The molecule has 1 heterocycles. The summed E-state index contributed by atoms with van der Waals surface area (Å²) in [5.74, 6) is 1.60. The summed E-state index contributed by atoms with van der Waals surface area (Å²) < 4.78 is 7.42. The maximum Gasteiger partial charge on any atom is 0.250 e. The number of pyridine rings is 1. The van der Waals surface area contributed by atoms with Crippen LogP contribution in [-0.4, -0.2) is 30.2 Å². The molecule has 1 aromatic carbocycles. The van der Waals surface area contributed by atoms with Crippen molar-refractivity contribution in [2.45, 2.75) is 32.9 Å². The van der Waals surface area contributed by atoms with Gasteiger partial charge in [-0.1, -0.05) is 36.9 Å². The molecule has 0 unspecified atom stereocenters. The summed E-state index contributed by atoms with van der Waals surface area (Å²) in [6.45, 7) is 9.04. The first-order valence-electron chi connectivity index (χ1n) is 9.74. The number of unbranched alkanes of at least 4 members (excludes halogenated alkanes) is 1. The molecule has 6 heteroatoms. The Morgan fingerprint density at radius 3 is 2.79 bits per heavy atom. The largest absolute Gasteiger partial charge is 0.489 e. The van der Waals surface area contributed by atoms with Gasteiger partial charge >= 0.3 is 0 Å². The SMILES string of the molecule is C=CCOc1ccccc1CN=C(NCC)NCCCCn1ccccc1=O. The van der Waals surface area contributed by atoms with Crippen LogP contribution < -0.4 is 20.9 Å². The van der Waals surface area contributed by atoms with Crippen LogP contribution in [0.1, 0.15) is 25.3 Å². The fourth-order valence-electron chi connectivity index (χ4n) is 2.69. The molecule has 6 nitrogen and oxygen atoms in total. The van der Waals surface area contributed by atoms with Gasteiger partial charge in [0.1, 0.15) is 12.4 Å². The third-order valence-electron chi connectivity index (χ3n) is 4.10. The van der Waals surface area contributed by atoms with Gasteiger partial charge in [-0.25, -0.2) is 4.99 Å². The summed E-state index contributed by atoms with van der Waals surface area (Å²) in [6, 6.07) is 13.1. The van der Waals surface area contributed by atoms with Crippen LogP contribution in [0.4, 0.5) is 0 Å². The van der Waals surface area contributed by atoms with Crippen molar-refractivity contribution in [1.82, 2.24) is 15.2 Å². The number of aryl methyl sites for hydroxylation is 1. The number of aliphatic imine (C=N–C) groups is 1. The van der Waals surface area contributed by atoms with Crippen LogP contribution in [0, 0.1) is 0 Å². The predicted octanol–water partition coefficient (Wildman–Crippen LogP) is 2.95. The second-order valence-electron chi connectivity index (χ2n) is 6.27. The van der Waals surface area contributed by atoms with Gasteiger partial charge in [0.2, 0.25) is 5.56 Å². The number of rotatable bonds is 11. The van der Waals surface area contributed by atoms with E-state index in [9.17, 15) is 4.79 Å². The van der Waals surface area contributed by atoms with Gasteiger partial charge in [-0.15, -0.1) is 0 Å². The minimum atomic E-state index is 0.0442. The zero-order valence-electron chi connectivity index (χ0n) is 16.6. The highest BCUT2D eigenvalue weighted by Gasteiger charge is 2.03. The highest BCUT2D eigenvalue weighted by Crippen LogP contribution is 2.18. The summed E-state index contributed by atoms with van der Waals surface area (Å²) in [5.41, 5.74) is 1.08. The number of nitrogens with zero attached hydrogens (tertiary/aromatic N) is 2. The number of para-hydroxylation sites is 1. The molecule has 150 valence electrons. The van der Waals surface area contributed by atoms with Crippen molar-refractivity contribution in [3.63, 3.8) is 0 Å². The molecular formula is C22H30N4O2. The molecule has 0 aliphatic heterocycles. The average Bonchev–Trinajstić information content (AvgIpc) is 2.72. The van der Waals surface area contributed by atoms with E-state index in [0.717, 1.165) is 49.7 Å². The van der Waals surface area contributed by atoms with Gasteiger partial charge < -0.3 is 19.9 Å². The number of hydrogen-bond donors (Lipinski definition) is 2. The Balaban J connectivity index is 1.83. The lowest BCUT2D eigenvalue weighted by Gasteiger charge is -2.13. The number of benzene rings is 1. The second-order valence-corrected chi connectivity index (χ2v) is 6.27. The van der Waals surface area contributed by atoms with Gasteiger partial charge in [-0.2, -0.15) is 0 Å². The van der Waals surface area contributed by atoms with Gasteiger partial charge in [0.05, 0.1) is 6.54 Å². The van der Waals surface area contributed by atoms with Gasteiger partial charge in [-0.05, 0) is 31.9 Å². The predicted molar refractivity (Wildman–Crippen MR) is 115 cm³/mol. The first kappa shape index (κ1) is 21.3. The van der Waals surface area contributed by atoms with Gasteiger partial charge in [0.15, 0.2) is 5.96 Å². The van der Waals surface area contributed by atoms with Crippen LogP contribution in [0.2, 0.25) is 0 Å². The molecule has 2 rings (SSSR count). The lowest BCUT2D eigenvalue weighted by molar-refractivity contribution is 0.359. The van der Waals surface area contributed by atoms with Crippen molar-refractivity contribution in [2.24, 2.45) is 4.99 Å². The van der Waals surface area contributed by atoms with E-state index in [-0.39, 0.29) is 5.56 Å². The highest BCUT2D eigenvalue weighted by molar-refractivity contribution is 5.79. The van der Waals surface area contributed by atoms with E-state index in [4.69, 9.17) is 4.74 Å². The van der Waals surface area contributed by atoms with Crippen LogP contribution in [0.25, 0.3) is 0 Å². The zero-order chi connectivity index (χ0) is 20.0. The molecule has 28 heavy (non-hydrogen) atoms. The molecule has 0 bridgehead atoms. The molecule has 0 aliphatic rings. The third-order valence-corrected chi connectivity index (χ3v) is 4.10. The fourth-order valence-corrected chi connectivity index (χ4v) is 2.69. The first-order valence-corrected chi connectivity index (χ1v) is 9.74. The third kappa shape index (κ3) is 7.31. The van der Waals surface area contributed by atoms with E-state index in [2.05, 4.69) is 22.2 Å². The smallest absolute Gasteiger partial charge is 0.250 e. The number of nitrogens with one attached hydrogen (secondary N) is 2. The van der Waals surface area contributed by atoms with E-state index in [1.165, 1.54) is 0 Å². The average molecular weight is 383 g/mol. The molecular weight excluding hydrogens is 352 g/mol. The van der Waals surface area contributed by atoms with Crippen molar-refractivity contribution < 1.29 is 4.74 Å². The molecule has 0 amide bonds. The second kappa shape index (κ2) is 12.4. The summed E-state index contributed by atoms with van der Waals surface area (Å²) in [6.07, 6.45) is 5.43. The van der Waals surface area contributed by atoms with Crippen LogP contribution >= 0.6 is 0 Å². The molecule has 0 aliphatic carbocycles. The van der Waals surface area contributed by atoms with E-state index < -0.39 is 0 Å². The molecule has 0 atom stereocenters. The minimum Gasteiger partial charge on any atom is -0.489 e. The van der Waals surface area contributed by atoms with Gasteiger partial charge in [0.25, 0.3) is 0 Å². The standard InChI is InChI=1S/C22H30N4O2/c1-3-17-28-20-12-6-5-11-19(20)18-25-22(23-4-2)24-14-8-10-16-26-15-9-7-13-21(26)27/h3,5-7,9,11-13,15H,1,4,8,10,14,16-18H2,2H3,(H2,23,24,25). The first-order chi connectivity index (χ1) is 13.7. The molecule has 1 aromatic heterocycles. The number of aromatic nitrogens is 1. The topological polar surface area (TPSA) is 67.7 Å². The summed E-state index contributed by atoms with van der Waals surface area (Å²) in [5, 5.41) is 6.61. The molecule has 0 radical (unpaired) electrons. The zero-order valence-corrected chi connectivity index (χ0v) is 16.6. The number of guanidine groups is 1. The maximum atomic E-state index is 11.7. The molecule has 2 aromatic rings. The monoisotopic (exact) mass is 382 g/mol. The van der Waals surface area contributed by atoms with Gasteiger partial charge in [-0.3, -0.25) is 4.79 Å². The molecule has 0 saturated heterocycles. The van der Waals surface area contributed by atoms with Crippen LogP contribution in [-0.2, 0) is 13.1 Å². The van der Waals surface area contributed by atoms with E-state index in [0.29, 0.717) is 13.2 Å².